The second-order valence-electron chi connectivity index (χ2n) is 5.96. The maximum absolute atomic E-state index is 13.0. The molecule has 138 valence electrons. The number of nitrogens with zero attached hydrogens (tertiary/aromatic N) is 1. The van der Waals surface area contributed by atoms with Gasteiger partial charge < -0.3 is 5.32 Å². The molecule has 27 heavy (non-hydrogen) atoms. The monoisotopic (exact) mass is 384 g/mol. The lowest BCUT2D eigenvalue weighted by molar-refractivity contribution is -0.122. The van der Waals surface area contributed by atoms with Gasteiger partial charge in [0.2, 0.25) is 0 Å². The van der Waals surface area contributed by atoms with Crippen molar-refractivity contribution in [2.75, 3.05) is 13.1 Å². The predicted molar refractivity (Wildman–Crippen MR) is 103 cm³/mol. The van der Waals surface area contributed by atoms with Crippen LogP contribution in [0.2, 0.25) is 0 Å². The number of carbonyl (C=O) groups is 3. The van der Waals surface area contributed by atoms with E-state index in [0.29, 0.717) is 11.1 Å². The highest BCUT2D eigenvalue weighted by atomic mass is 32.2. The van der Waals surface area contributed by atoms with E-state index in [1.54, 1.807) is 18.2 Å². The summed E-state index contributed by atoms with van der Waals surface area (Å²) in [5.41, 5.74) is 2.04. The van der Waals surface area contributed by atoms with Crippen molar-refractivity contribution in [3.63, 3.8) is 0 Å². The Morgan fingerprint density at radius 2 is 1.85 bits per heavy atom. The molecule has 5 nitrogen and oxygen atoms in total. The number of halogens is 1. The van der Waals surface area contributed by atoms with Crippen LogP contribution in [-0.2, 0) is 4.79 Å². The topological polar surface area (TPSA) is 66.5 Å². The van der Waals surface area contributed by atoms with Gasteiger partial charge in [0.25, 0.3) is 17.1 Å². The minimum atomic E-state index is -0.417. The molecule has 0 bridgehead atoms. The molecule has 0 saturated carbocycles. The van der Waals surface area contributed by atoms with Crippen molar-refractivity contribution >= 4 is 34.9 Å². The smallest absolute Gasteiger partial charge is 0.293 e. The van der Waals surface area contributed by atoms with Gasteiger partial charge in [0.15, 0.2) is 0 Å². The first-order chi connectivity index (χ1) is 13.0. The second kappa shape index (κ2) is 8.18. The standard InChI is InChI=1S/C20H17FN2O3S/c1-13-4-2-3-5-16(13)18(24)22-10-11-23-19(25)17(27-20(23)26)12-14-6-8-15(21)9-7-14/h2-9,12H,10-11H2,1H3,(H,22,24)/b17-12-. The molecular formula is C20H17FN2O3S. The van der Waals surface area contributed by atoms with E-state index in [-0.39, 0.29) is 29.7 Å². The average Bonchev–Trinajstić information content (AvgIpc) is 2.91. The van der Waals surface area contributed by atoms with Crippen molar-refractivity contribution in [2.24, 2.45) is 0 Å². The van der Waals surface area contributed by atoms with Crippen molar-refractivity contribution in [2.45, 2.75) is 6.92 Å². The van der Waals surface area contributed by atoms with Gasteiger partial charge in [0.05, 0.1) is 4.91 Å². The molecule has 3 rings (SSSR count). The minimum absolute atomic E-state index is 0.0864. The summed E-state index contributed by atoms with van der Waals surface area (Å²) in [5.74, 6) is -1.04. The molecule has 0 atom stereocenters. The van der Waals surface area contributed by atoms with Gasteiger partial charge in [-0.05, 0) is 54.1 Å². The number of amides is 3. The molecule has 3 amide bonds. The van der Waals surface area contributed by atoms with Crippen molar-refractivity contribution in [1.82, 2.24) is 10.2 Å². The number of thioether (sulfide) groups is 1. The van der Waals surface area contributed by atoms with E-state index in [4.69, 9.17) is 0 Å². The van der Waals surface area contributed by atoms with E-state index < -0.39 is 11.1 Å². The van der Waals surface area contributed by atoms with Crippen LogP contribution in [0.4, 0.5) is 9.18 Å². The molecule has 2 aromatic rings. The SMILES string of the molecule is Cc1ccccc1C(=O)NCCN1C(=O)S/C(=C\c2ccc(F)cc2)C1=O. The van der Waals surface area contributed by atoms with Gasteiger partial charge in [-0.2, -0.15) is 0 Å². The van der Waals surface area contributed by atoms with Crippen LogP contribution < -0.4 is 5.32 Å². The van der Waals surface area contributed by atoms with Gasteiger partial charge in [-0.3, -0.25) is 19.3 Å². The average molecular weight is 384 g/mol. The number of rotatable bonds is 5. The number of benzene rings is 2. The number of aryl methyl sites for hydroxylation is 1. The van der Waals surface area contributed by atoms with Crippen molar-refractivity contribution < 1.29 is 18.8 Å². The van der Waals surface area contributed by atoms with Gasteiger partial charge in [-0.15, -0.1) is 0 Å². The Bertz CT molecular complexity index is 925. The molecule has 1 N–H and O–H groups in total. The Morgan fingerprint density at radius 1 is 1.15 bits per heavy atom. The molecular weight excluding hydrogens is 367 g/mol. The van der Waals surface area contributed by atoms with E-state index in [1.807, 2.05) is 19.1 Å². The molecule has 0 aliphatic carbocycles. The Morgan fingerprint density at radius 3 is 2.56 bits per heavy atom. The number of carbonyl (C=O) groups excluding carboxylic acids is 3. The Labute approximate surface area is 160 Å². The third kappa shape index (κ3) is 4.43. The summed E-state index contributed by atoms with van der Waals surface area (Å²) in [6.07, 6.45) is 1.55. The maximum Gasteiger partial charge on any atom is 0.293 e. The van der Waals surface area contributed by atoms with Crippen LogP contribution in [0, 0.1) is 12.7 Å². The lowest BCUT2D eigenvalue weighted by atomic mass is 10.1. The van der Waals surface area contributed by atoms with E-state index in [1.165, 1.54) is 24.3 Å². The molecule has 2 aromatic carbocycles. The molecule has 7 heteroatoms. The highest BCUT2D eigenvalue weighted by Crippen LogP contribution is 2.31. The van der Waals surface area contributed by atoms with Gasteiger partial charge in [-0.1, -0.05) is 30.3 Å². The molecule has 0 spiro atoms. The molecule has 1 heterocycles. The summed E-state index contributed by atoms with van der Waals surface area (Å²) in [6.45, 7) is 2.09. The highest BCUT2D eigenvalue weighted by molar-refractivity contribution is 8.18. The fraction of sp³-hybridized carbons (Fsp3) is 0.150. The fourth-order valence-corrected chi connectivity index (χ4v) is 3.47. The largest absolute Gasteiger partial charge is 0.350 e. The van der Waals surface area contributed by atoms with E-state index >= 15 is 0 Å². The number of hydrogen-bond acceptors (Lipinski definition) is 4. The quantitative estimate of drug-likeness (QED) is 0.800. The third-order valence-corrected chi connectivity index (χ3v) is 4.96. The van der Waals surface area contributed by atoms with Gasteiger partial charge in [0.1, 0.15) is 5.82 Å². The Balaban J connectivity index is 1.60. The minimum Gasteiger partial charge on any atom is -0.350 e. The second-order valence-corrected chi connectivity index (χ2v) is 6.95. The van der Waals surface area contributed by atoms with Crippen LogP contribution in [-0.4, -0.2) is 35.0 Å². The lowest BCUT2D eigenvalue weighted by Crippen LogP contribution is -2.37. The van der Waals surface area contributed by atoms with Crippen LogP contribution in [0.3, 0.4) is 0 Å². The first-order valence-corrected chi connectivity index (χ1v) is 9.12. The summed E-state index contributed by atoms with van der Waals surface area (Å²) in [5, 5.41) is 2.33. The molecule has 1 fully saturated rings. The van der Waals surface area contributed by atoms with Crippen molar-refractivity contribution in [3.05, 3.63) is 75.9 Å². The van der Waals surface area contributed by atoms with Crippen LogP contribution in [0.5, 0.6) is 0 Å². The first kappa shape index (κ1) is 18.8. The normalized spacial score (nSPS) is 15.5. The van der Waals surface area contributed by atoms with E-state index in [2.05, 4.69) is 5.32 Å². The summed E-state index contributed by atoms with van der Waals surface area (Å²) < 4.78 is 13.0. The van der Waals surface area contributed by atoms with Crippen LogP contribution in [0.25, 0.3) is 6.08 Å². The molecule has 0 unspecified atom stereocenters. The van der Waals surface area contributed by atoms with Crippen LogP contribution in [0.15, 0.2) is 53.4 Å². The maximum atomic E-state index is 13.0. The number of nitrogens with one attached hydrogen (secondary N) is 1. The summed E-state index contributed by atoms with van der Waals surface area (Å²) in [7, 11) is 0. The van der Waals surface area contributed by atoms with Crippen LogP contribution in [0.1, 0.15) is 21.5 Å². The Hall–Kier alpha value is -2.93. The van der Waals surface area contributed by atoms with Gasteiger partial charge >= 0.3 is 0 Å². The summed E-state index contributed by atoms with van der Waals surface area (Å²) in [6, 6.07) is 12.8. The molecule has 1 saturated heterocycles. The predicted octanol–water partition coefficient (Wildman–Crippen LogP) is 3.60. The fourth-order valence-electron chi connectivity index (χ4n) is 2.61. The molecule has 0 radical (unpaired) electrons. The van der Waals surface area contributed by atoms with Crippen LogP contribution >= 0.6 is 11.8 Å². The zero-order chi connectivity index (χ0) is 19.4. The third-order valence-electron chi connectivity index (χ3n) is 4.05. The summed E-state index contributed by atoms with van der Waals surface area (Å²) >= 11 is 0.831. The first-order valence-electron chi connectivity index (χ1n) is 8.30. The zero-order valence-corrected chi connectivity index (χ0v) is 15.4. The molecule has 0 aromatic heterocycles. The van der Waals surface area contributed by atoms with Crippen molar-refractivity contribution in [3.8, 4) is 0 Å². The number of hydrogen-bond donors (Lipinski definition) is 1. The summed E-state index contributed by atoms with van der Waals surface area (Å²) in [4.78, 5) is 38.1. The lowest BCUT2D eigenvalue weighted by Gasteiger charge is -2.13. The van der Waals surface area contributed by atoms with Gasteiger partial charge in [0, 0.05) is 18.7 Å². The highest BCUT2D eigenvalue weighted by Gasteiger charge is 2.34. The van der Waals surface area contributed by atoms with E-state index in [9.17, 15) is 18.8 Å². The Kier molecular flexibility index (Phi) is 5.71. The van der Waals surface area contributed by atoms with Crippen molar-refractivity contribution in [1.29, 1.82) is 0 Å². The number of imide groups is 1. The van der Waals surface area contributed by atoms with E-state index in [0.717, 1.165) is 22.2 Å². The molecule has 1 aliphatic heterocycles. The molecule has 1 aliphatic rings. The van der Waals surface area contributed by atoms with Gasteiger partial charge in [-0.25, -0.2) is 4.39 Å². The zero-order valence-electron chi connectivity index (χ0n) is 14.6.